The fourth-order valence-corrected chi connectivity index (χ4v) is 13.8. The number of carbonyl (C=O) groups excluding carboxylic acids is 3. The quantitative estimate of drug-likeness (QED) is 0.0146. The van der Waals surface area contributed by atoms with Crippen molar-refractivity contribution >= 4 is 33.6 Å². The van der Waals surface area contributed by atoms with Gasteiger partial charge in [-0.15, -0.1) is 0 Å². The van der Waals surface area contributed by atoms with Gasteiger partial charge in [-0.3, -0.25) is 32.5 Å². The first-order chi connectivity index (χ1) is 57.2. The second kappa shape index (κ2) is 89.9. The number of phosphoric ester groups is 2. The predicted octanol–water partition coefficient (Wildman–Crippen LogP) is 28.4. The van der Waals surface area contributed by atoms with E-state index in [0.717, 1.165) is 199 Å². The molecule has 0 saturated carbocycles. The van der Waals surface area contributed by atoms with E-state index in [1.165, 1.54) is 109 Å². The van der Waals surface area contributed by atoms with E-state index in [-0.39, 0.29) is 19.3 Å². The van der Waals surface area contributed by atoms with Crippen LogP contribution in [0.3, 0.4) is 0 Å². The monoisotopic (exact) mass is 1670 g/mol. The third-order valence-corrected chi connectivity index (χ3v) is 21.0. The molecule has 0 aliphatic carbocycles. The molecule has 0 fully saturated rings. The normalized spacial score (nSPS) is 14.6. The van der Waals surface area contributed by atoms with Gasteiger partial charge in [-0.05, 0) is 154 Å². The number of carbonyl (C=O) groups is 3. The summed E-state index contributed by atoms with van der Waals surface area (Å²) in [6.45, 7) is 2.36. The number of rotatable bonds is 86. The number of esters is 3. The summed E-state index contributed by atoms with van der Waals surface area (Å²) in [5, 5.41) is 20.7. The lowest BCUT2D eigenvalue weighted by molar-refractivity contribution is -0.161. The molecule has 5 unspecified atom stereocenters. The van der Waals surface area contributed by atoms with Gasteiger partial charge in [0.05, 0.1) is 26.4 Å². The average Bonchev–Trinajstić information content (AvgIpc) is 0.904. The minimum absolute atomic E-state index is 0.0864. The Balaban J connectivity index is 4.65. The van der Waals surface area contributed by atoms with E-state index in [9.17, 15) is 43.5 Å². The third-order valence-electron chi connectivity index (χ3n) is 19.1. The second-order valence-electron chi connectivity index (χ2n) is 30.3. The molecule has 4 N–H and O–H groups in total. The van der Waals surface area contributed by atoms with Crippen LogP contribution in [0.4, 0.5) is 0 Å². The highest BCUT2D eigenvalue weighted by molar-refractivity contribution is 7.47. The molecule has 0 aromatic heterocycles. The molecule has 0 aliphatic heterocycles. The number of phosphoric acid groups is 2. The molecule has 117 heavy (non-hydrogen) atoms. The van der Waals surface area contributed by atoms with Crippen LogP contribution >= 0.6 is 15.6 Å². The summed E-state index contributed by atoms with van der Waals surface area (Å²) in [5.41, 5.74) is 0. The Morgan fingerprint density at radius 1 is 0.239 bits per heavy atom. The van der Waals surface area contributed by atoms with E-state index in [0.29, 0.717) is 19.3 Å². The summed E-state index contributed by atoms with van der Waals surface area (Å²) >= 11 is 0. The zero-order valence-corrected chi connectivity index (χ0v) is 75.4. The Labute approximate surface area is 713 Å². The van der Waals surface area contributed by atoms with Crippen LogP contribution in [0, 0.1) is 0 Å². The summed E-state index contributed by atoms with van der Waals surface area (Å²) in [6.07, 6.45) is 118. The molecule has 0 aliphatic rings. The number of allylic oxidation sites excluding steroid dienone is 30. The van der Waals surface area contributed by atoms with Crippen molar-refractivity contribution in [1.29, 1.82) is 0 Å². The van der Waals surface area contributed by atoms with Crippen molar-refractivity contribution in [3.63, 3.8) is 0 Å². The predicted molar refractivity (Wildman–Crippen MR) is 491 cm³/mol. The van der Waals surface area contributed by atoms with Gasteiger partial charge < -0.3 is 34.2 Å². The minimum atomic E-state index is -4.95. The smallest absolute Gasteiger partial charge is 0.463 e. The molecule has 0 heterocycles. The van der Waals surface area contributed by atoms with Gasteiger partial charge in [0.25, 0.3) is 0 Å². The maximum atomic E-state index is 13.1. The molecule has 668 valence electrons. The summed E-state index contributed by atoms with van der Waals surface area (Å²) in [7, 11) is -9.82. The SMILES string of the molecule is CC/C=C\C/C=C\C/C=C\C/C=C\C/C=C\CCCCCCCCCCCCCCCC(=O)OCC(O)COP(=O)(O)OCC(O)COP(=O)(O)OCC(COC(=O)CCCCCCCCCCCCCCC/C=C\C/C=C\C/C=C\C/C=C\C/C=C\CC)OC(=O)CCCCCCCCC/C=C\C/C=C\C/C=C\C/C=C\C/C=C\CC. The van der Waals surface area contributed by atoms with E-state index in [4.69, 9.17) is 32.3 Å². The van der Waals surface area contributed by atoms with Gasteiger partial charge in [0.15, 0.2) is 6.10 Å². The molecule has 0 rings (SSSR count). The summed E-state index contributed by atoms with van der Waals surface area (Å²) in [5.74, 6) is -1.59. The second-order valence-corrected chi connectivity index (χ2v) is 33.2. The zero-order chi connectivity index (χ0) is 85.1. The van der Waals surface area contributed by atoms with E-state index in [2.05, 4.69) is 203 Å². The van der Waals surface area contributed by atoms with Gasteiger partial charge in [0.2, 0.25) is 0 Å². The van der Waals surface area contributed by atoms with E-state index >= 15 is 0 Å². The summed E-state index contributed by atoms with van der Waals surface area (Å²) in [4.78, 5) is 59.0. The van der Waals surface area contributed by atoms with Crippen LogP contribution in [0.15, 0.2) is 182 Å². The molecule has 0 spiro atoms. The number of hydrogen-bond donors (Lipinski definition) is 4. The van der Waals surface area contributed by atoms with Crippen molar-refractivity contribution in [2.24, 2.45) is 0 Å². The molecule has 0 bridgehead atoms. The van der Waals surface area contributed by atoms with Crippen LogP contribution in [0.5, 0.6) is 0 Å². The van der Waals surface area contributed by atoms with Gasteiger partial charge in [0, 0.05) is 19.3 Å². The Bertz CT molecular complexity index is 2860. The Morgan fingerprint density at radius 2 is 0.427 bits per heavy atom. The first-order valence-corrected chi connectivity index (χ1v) is 49.1. The highest BCUT2D eigenvalue weighted by Crippen LogP contribution is 2.45. The van der Waals surface area contributed by atoms with E-state index in [1.807, 2.05) is 0 Å². The standard InChI is InChI=1S/C99H166O16P2/c1-4-7-10-13-16-19-22-25-28-31-34-37-40-42-44-46-48-50-53-55-58-61-64-67-70-73-76-79-82-85-97(102)109-88-94(100)89-111-116(105,106)112-90-95(101)91-113-117(107,108)114-93-96(115-99(104)87-84-81-78-75-72-69-66-63-60-57-52-39-36-33-30-27-24-21-18-15-12-9-6-3)92-110-98(103)86-83-80-77-74-71-68-65-62-59-56-54-51-49-47-45-43-41-38-35-32-29-26-23-20-17-14-11-8-5-2/h7-12,16-21,25-30,34-39,42-45,57,60,94-96,100-101H,4-6,13-15,22-24,31-33,40-41,46-56,58-59,61-93H2,1-3H3,(H,105,106)(H,107,108)/b10-7-,11-8-,12-9-,19-16-,20-17-,21-18-,28-25-,29-26-,30-27-,37-34-,38-35-,39-36-,44-42-,45-43-,60-57-. The zero-order valence-electron chi connectivity index (χ0n) is 73.6. The van der Waals surface area contributed by atoms with Crippen molar-refractivity contribution in [3.05, 3.63) is 182 Å². The molecular weight excluding hydrogens is 1510 g/mol. The third kappa shape index (κ3) is 91.2. The van der Waals surface area contributed by atoms with Crippen LogP contribution in [-0.4, -0.2) is 95.9 Å². The average molecular weight is 1670 g/mol. The number of aliphatic hydroxyl groups excluding tert-OH is 2. The molecule has 18 heteroatoms. The molecule has 0 aromatic carbocycles. The number of hydrogen-bond acceptors (Lipinski definition) is 14. The summed E-state index contributed by atoms with van der Waals surface area (Å²) < 4.78 is 61.5. The Morgan fingerprint density at radius 3 is 0.675 bits per heavy atom. The van der Waals surface area contributed by atoms with Crippen molar-refractivity contribution in [3.8, 4) is 0 Å². The van der Waals surface area contributed by atoms with Gasteiger partial charge >= 0.3 is 33.6 Å². The van der Waals surface area contributed by atoms with Crippen LogP contribution in [0.2, 0.25) is 0 Å². The van der Waals surface area contributed by atoms with Gasteiger partial charge in [-0.1, -0.05) is 376 Å². The topological polar surface area (TPSA) is 231 Å². The summed E-state index contributed by atoms with van der Waals surface area (Å²) in [6, 6.07) is 0. The lowest BCUT2D eigenvalue weighted by Crippen LogP contribution is -2.30. The highest BCUT2D eigenvalue weighted by Gasteiger charge is 2.29. The number of aliphatic hydroxyl groups is 2. The van der Waals surface area contributed by atoms with Crippen molar-refractivity contribution in [2.75, 3.05) is 39.6 Å². The van der Waals surface area contributed by atoms with Crippen molar-refractivity contribution < 1.29 is 75.8 Å². The first-order valence-electron chi connectivity index (χ1n) is 46.1. The van der Waals surface area contributed by atoms with Gasteiger partial charge in [-0.2, -0.15) is 0 Å². The highest BCUT2D eigenvalue weighted by atomic mass is 31.2. The van der Waals surface area contributed by atoms with Gasteiger partial charge in [-0.25, -0.2) is 9.13 Å². The molecule has 0 radical (unpaired) electrons. The molecular formula is C99H166O16P2. The molecule has 0 saturated heterocycles. The van der Waals surface area contributed by atoms with Crippen molar-refractivity contribution in [1.82, 2.24) is 0 Å². The van der Waals surface area contributed by atoms with E-state index < -0.39 is 91.5 Å². The number of unbranched alkanes of at least 4 members (excludes halogenated alkanes) is 33. The Kier molecular flexibility index (Phi) is 85.8. The van der Waals surface area contributed by atoms with Crippen molar-refractivity contribution in [2.45, 2.75) is 386 Å². The van der Waals surface area contributed by atoms with Crippen LogP contribution in [0.25, 0.3) is 0 Å². The minimum Gasteiger partial charge on any atom is -0.463 e. The largest absolute Gasteiger partial charge is 0.472 e. The number of ether oxygens (including phenoxy) is 3. The van der Waals surface area contributed by atoms with Crippen LogP contribution < -0.4 is 0 Å². The van der Waals surface area contributed by atoms with E-state index in [1.54, 1.807) is 0 Å². The maximum Gasteiger partial charge on any atom is 0.472 e. The molecule has 0 aromatic rings. The van der Waals surface area contributed by atoms with Crippen LogP contribution in [0.1, 0.15) is 367 Å². The fraction of sp³-hybridized carbons (Fsp3) is 0.667. The molecule has 0 amide bonds. The fourth-order valence-electron chi connectivity index (χ4n) is 12.2. The lowest BCUT2D eigenvalue weighted by atomic mass is 10.0. The Hall–Kier alpha value is -5.35. The van der Waals surface area contributed by atoms with Crippen LogP contribution in [-0.2, 0) is 55.8 Å². The molecule has 16 nitrogen and oxygen atoms in total. The van der Waals surface area contributed by atoms with Gasteiger partial charge in [0.1, 0.15) is 25.4 Å². The maximum absolute atomic E-state index is 13.1. The first kappa shape index (κ1) is 112. The molecule has 5 atom stereocenters. The lowest BCUT2D eigenvalue weighted by Gasteiger charge is -2.21.